The number of carboxylic acid groups (broad SMARTS) is 1. The van der Waals surface area contributed by atoms with Gasteiger partial charge in [0.15, 0.2) is 0 Å². The van der Waals surface area contributed by atoms with Crippen molar-refractivity contribution in [3.8, 4) is 0 Å². The van der Waals surface area contributed by atoms with E-state index in [9.17, 15) is 9.59 Å². The molecule has 1 aliphatic heterocycles. The highest BCUT2D eigenvalue weighted by Crippen LogP contribution is 2.26. The van der Waals surface area contributed by atoms with Crippen LogP contribution in [0.3, 0.4) is 0 Å². The van der Waals surface area contributed by atoms with Crippen molar-refractivity contribution < 1.29 is 14.7 Å². The number of nitrogens with one attached hydrogen (secondary N) is 1. The van der Waals surface area contributed by atoms with Gasteiger partial charge < -0.3 is 10.4 Å². The normalized spacial score (nSPS) is 19.1. The zero-order chi connectivity index (χ0) is 15.1. The Morgan fingerprint density at radius 3 is 2.71 bits per heavy atom. The number of hydrogen-bond donors (Lipinski definition) is 2. The fourth-order valence-corrected chi connectivity index (χ4v) is 3.67. The summed E-state index contributed by atoms with van der Waals surface area (Å²) in [5, 5.41) is 11.9. The van der Waals surface area contributed by atoms with Crippen LogP contribution < -0.4 is 5.32 Å². The van der Waals surface area contributed by atoms with E-state index in [-0.39, 0.29) is 23.6 Å². The van der Waals surface area contributed by atoms with Gasteiger partial charge in [-0.25, -0.2) is 0 Å². The molecule has 2 N–H and O–H groups in total. The van der Waals surface area contributed by atoms with Gasteiger partial charge >= 0.3 is 5.97 Å². The van der Waals surface area contributed by atoms with Crippen molar-refractivity contribution >= 4 is 23.6 Å². The van der Waals surface area contributed by atoms with Crippen LogP contribution in [0.15, 0.2) is 30.3 Å². The van der Waals surface area contributed by atoms with Crippen molar-refractivity contribution in [3.05, 3.63) is 35.9 Å². The SMILES string of the molecule is O=C(O)CCC(Cc1ccccc1)NC(=O)C1CCCS1. The van der Waals surface area contributed by atoms with Crippen molar-refractivity contribution in [1.82, 2.24) is 5.32 Å². The molecule has 1 fully saturated rings. The highest BCUT2D eigenvalue weighted by Gasteiger charge is 2.25. The second kappa shape index (κ2) is 8.08. The van der Waals surface area contributed by atoms with Crippen LogP contribution >= 0.6 is 11.8 Å². The summed E-state index contributed by atoms with van der Waals surface area (Å²) in [6.07, 6.45) is 3.23. The van der Waals surface area contributed by atoms with Crippen LogP contribution in [-0.2, 0) is 16.0 Å². The molecule has 1 amide bonds. The Balaban J connectivity index is 1.94. The maximum absolute atomic E-state index is 12.2. The molecule has 2 rings (SSSR count). The van der Waals surface area contributed by atoms with Gasteiger partial charge in [-0.3, -0.25) is 9.59 Å². The van der Waals surface area contributed by atoms with Gasteiger partial charge in [-0.1, -0.05) is 30.3 Å². The highest BCUT2D eigenvalue weighted by atomic mass is 32.2. The lowest BCUT2D eigenvalue weighted by molar-refractivity contribution is -0.137. The summed E-state index contributed by atoms with van der Waals surface area (Å²) in [6.45, 7) is 0. The second-order valence-electron chi connectivity index (χ2n) is 5.33. The van der Waals surface area contributed by atoms with E-state index in [0.29, 0.717) is 12.8 Å². The van der Waals surface area contributed by atoms with Crippen LogP contribution in [0.25, 0.3) is 0 Å². The van der Waals surface area contributed by atoms with Crippen LogP contribution in [0.2, 0.25) is 0 Å². The molecule has 0 bridgehead atoms. The molecule has 2 atom stereocenters. The van der Waals surface area contributed by atoms with Crippen molar-refractivity contribution in [3.63, 3.8) is 0 Å². The van der Waals surface area contributed by atoms with E-state index in [0.717, 1.165) is 24.2 Å². The Hall–Kier alpha value is -1.49. The molecule has 4 nitrogen and oxygen atoms in total. The summed E-state index contributed by atoms with van der Waals surface area (Å²) in [6, 6.07) is 9.76. The van der Waals surface area contributed by atoms with Crippen LogP contribution in [0.1, 0.15) is 31.2 Å². The highest BCUT2D eigenvalue weighted by molar-refractivity contribution is 8.00. The number of benzene rings is 1. The van der Waals surface area contributed by atoms with Crippen LogP contribution in [0.5, 0.6) is 0 Å². The van der Waals surface area contributed by atoms with Gasteiger partial charge in [0.25, 0.3) is 0 Å². The Morgan fingerprint density at radius 2 is 2.10 bits per heavy atom. The third kappa shape index (κ3) is 5.42. The third-order valence-corrected chi connectivity index (χ3v) is 4.98. The van der Waals surface area contributed by atoms with Gasteiger partial charge in [0, 0.05) is 12.5 Å². The van der Waals surface area contributed by atoms with Gasteiger partial charge in [0.05, 0.1) is 5.25 Å². The minimum Gasteiger partial charge on any atom is -0.481 e. The lowest BCUT2D eigenvalue weighted by Crippen LogP contribution is -2.41. The van der Waals surface area contributed by atoms with Crippen molar-refractivity contribution in [2.24, 2.45) is 0 Å². The first-order chi connectivity index (χ1) is 10.1. The van der Waals surface area contributed by atoms with Gasteiger partial charge in [-0.2, -0.15) is 0 Å². The van der Waals surface area contributed by atoms with Gasteiger partial charge in [-0.05, 0) is 37.0 Å². The molecule has 2 unspecified atom stereocenters. The quantitative estimate of drug-likeness (QED) is 0.812. The second-order valence-corrected chi connectivity index (χ2v) is 6.64. The fourth-order valence-electron chi connectivity index (χ4n) is 2.50. The van der Waals surface area contributed by atoms with E-state index < -0.39 is 5.97 Å². The summed E-state index contributed by atoms with van der Waals surface area (Å²) in [7, 11) is 0. The zero-order valence-corrected chi connectivity index (χ0v) is 12.8. The first-order valence-corrected chi connectivity index (χ1v) is 8.37. The number of carbonyl (C=O) groups excluding carboxylic acids is 1. The third-order valence-electron chi connectivity index (χ3n) is 3.60. The van der Waals surface area contributed by atoms with E-state index in [4.69, 9.17) is 5.11 Å². The lowest BCUT2D eigenvalue weighted by Gasteiger charge is -2.20. The van der Waals surface area contributed by atoms with E-state index >= 15 is 0 Å². The molecule has 21 heavy (non-hydrogen) atoms. The molecule has 1 aromatic rings. The van der Waals surface area contributed by atoms with E-state index in [1.54, 1.807) is 11.8 Å². The molecule has 1 saturated heterocycles. The standard InChI is InChI=1S/C16H21NO3S/c18-15(19)9-8-13(11-12-5-2-1-3-6-12)17-16(20)14-7-4-10-21-14/h1-3,5-6,13-14H,4,7-11H2,(H,17,20)(H,18,19). The maximum atomic E-state index is 12.2. The van der Waals surface area contributed by atoms with Gasteiger partial charge in [0.2, 0.25) is 5.91 Å². The first kappa shape index (κ1) is 15.9. The molecule has 0 aromatic heterocycles. The van der Waals surface area contributed by atoms with Gasteiger partial charge in [0.1, 0.15) is 0 Å². The number of hydrogen-bond acceptors (Lipinski definition) is 3. The molecular weight excluding hydrogens is 286 g/mol. The Morgan fingerprint density at radius 1 is 1.33 bits per heavy atom. The predicted molar refractivity (Wildman–Crippen MR) is 84.4 cm³/mol. The molecule has 1 aromatic carbocycles. The zero-order valence-electron chi connectivity index (χ0n) is 12.0. The average molecular weight is 307 g/mol. The predicted octanol–water partition coefficient (Wildman–Crippen LogP) is 2.47. The molecule has 5 heteroatoms. The molecule has 1 heterocycles. The number of amides is 1. The molecule has 0 spiro atoms. The summed E-state index contributed by atoms with van der Waals surface area (Å²) >= 11 is 1.69. The Labute approximate surface area is 129 Å². The molecule has 1 aliphatic rings. The summed E-state index contributed by atoms with van der Waals surface area (Å²) < 4.78 is 0. The Bertz CT molecular complexity index is 472. The number of aliphatic carboxylic acids is 1. The average Bonchev–Trinajstić information content (AvgIpc) is 3.00. The molecule has 0 saturated carbocycles. The van der Waals surface area contributed by atoms with Crippen LogP contribution in [0.4, 0.5) is 0 Å². The molecular formula is C16H21NO3S. The Kier molecular flexibility index (Phi) is 6.11. The number of thioether (sulfide) groups is 1. The van der Waals surface area contributed by atoms with Crippen LogP contribution in [-0.4, -0.2) is 34.0 Å². The minimum atomic E-state index is -0.822. The minimum absolute atomic E-state index is 0.0353. The smallest absolute Gasteiger partial charge is 0.303 e. The van der Waals surface area contributed by atoms with E-state index in [1.165, 1.54) is 0 Å². The summed E-state index contributed by atoms with van der Waals surface area (Å²) in [5.41, 5.74) is 1.12. The fraction of sp³-hybridized carbons (Fsp3) is 0.500. The van der Waals surface area contributed by atoms with E-state index in [2.05, 4.69) is 5.32 Å². The molecule has 114 valence electrons. The number of rotatable bonds is 7. The topological polar surface area (TPSA) is 66.4 Å². The number of carbonyl (C=O) groups is 2. The van der Waals surface area contributed by atoms with Crippen molar-refractivity contribution in [2.75, 3.05) is 5.75 Å². The molecule has 0 radical (unpaired) electrons. The van der Waals surface area contributed by atoms with Crippen molar-refractivity contribution in [1.29, 1.82) is 0 Å². The summed E-state index contributed by atoms with van der Waals surface area (Å²) in [5.74, 6) is 0.276. The monoisotopic (exact) mass is 307 g/mol. The first-order valence-electron chi connectivity index (χ1n) is 7.33. The number of carboxylic acids is 1. The maximum Gasteiger partial charge on any atom is 0.303 e. The lowest BCUT2D eigenvalue weighted by atomic mass is 10.0. The van der Waals surface area contributed by atoms with E-state index in [1.807, 2.05) is 30.3 Å². The van der Waals surface area contributed by atoms with Gasteiger partial charge in [-0.15, -0.1) is 11.8 Å². The molecule has 0 aliphatic carbocycles. The van der Waals surface area contributed by atoms with Crippen molar-refractivity contribution in [2.45, 2.75) is 43.4 Å². The van der Waals surface area contributed by atoms with Crippen LogP contribution in [0, 0.1) is 0 Å². The largest absolute Gasteiger partial charge is 0.481 e. The summed E-state index contributed by atoms with van der Waals surface area (Å²) in [4.78, 5) is 23.0.